The van der Waals surface area contributed by atoms with Crippen molar-refractivity contribution in [2.24, 2.45) is 0 Å². The van der Waals surface area contributed by atoms with Gasteiger partial charge < -0.3 is 11.1 Å². The Labute approximate surface area is 99.5 Å². The van der Waals surface area contributed by atoms with Crippen LogP contribution in [0, 0.1) is 6.92 Å². The van der Waals surface area contributed by atoms with Crippen LogP contribution >= 0.6 is 0 Å². The second-order valence-electron chi connectivity index (χ2n) is 3.78. The molecule has 0 aliphatic heterocycles. The maximum absolute atomic E-state index is 11.9. The van der Waals surface area contributed by atoms with Crippen LogP contribution in [0.2, 0.25) is 0 Å². The number of carbonyl (C=O) groups is 1. The monoisotopic (exact) mass is 227 g/mol. The highest BCUT2D eigenvalue weighted by atomic mass is 16.1. The van der Waals surface area contributed by atoms with Crippen molar-refractivity contribution >= 4 is 17.3 Å². The van der Waals surface area contributed by atoms with Gasteiger partial charge in [-0.3, -0.25) is 9.78 Å². The number of aromatic nitrogens is 1. The molecule has 4 heteroatoms. The molecule has 0 spiro atoms. The minimum atomic E-state index is -0.192. The highest BCUT2D eigenvalue weighted by molar-refractivity contribution is 6.05. The fraction of sp³-hybridized carbons (Fsp3) is 0.0769. The zero-order valence-corrected chi connectivity index (χ0v) is 9.47. The van der Waals surface area contributed by atoms with Gasteiger partial charge in [-0.2, -0.15) is 0 Å². The summed E-state index contributed by atoms with van der Waals surface area (Å²) in [5.74, 6) is -0.192. The summed E-state index contributed by atoms with van der Waals surface area (Å²) in [5.41, 5.74) is 8.62. The molecule has 3 N–H and O–H groups in total. The summed E-state index contributed by atoms with van der Waals surface area (Å²) in [4.78, 5) is 15.7. The summed E-state index contributed by atoms with van der Waals surface area (Å²) < 4.78 is 0. The van der Waals surface area contributed by atoms with Crippen LogP contribution in [0.4, 0.5) is 11.4 Å². The fourth-order valence-electron chi connectivity index (χ4n) is 1.49. The average Bonchev–Trinajstić information content (AvgIpc) is 2.34. The summed E-state index contributed by atoms with van der Waals surface area (Å²) in [5, 5.41) is 2.76. The van der Waals surface area contributed by atoms with E-state index in [-0.39, 0.29) is 5.91 Å². The van der Waals surface area contributed by atoms with E-state index in [4.69, 9.17) is 5.73 Å². The van der Waals surface area contributed by atoms with Gasteiger partial charge in [-0.15, -0.1) is 0 Å². The third-order valence-corrected chi connectivity index (χ3v) is 2.40. The van der Waals surface area contributed by atoms with Crippen LogP contribution in [0.5, 0.6) is 0 Å². The van der Waals surface area contributed by atoms with Crippen molar-refractivity contribution in [2.75, 3.05) is 11.1 Å². The molecule has 1 amide bonds. The number of hydrogen-bond acceptors (Lipinski definition) is 3. The Hall–Kier alpha value is -2.36. The maximum atomic E-state index is 11.9. The number of carbonyl (C=O) groups excluding carboxylic acids is 1. The number of hydrogen-bond donors (Lipinski definition) is 2. The van der Waals surface area contributed by atoms with Crippen LogP contribution in [0.3, 0.4) is 0 Å². The van der Waals surface area contributed by atoms with Gasteiger partial charge in [0.05, 0.1) is 11.4 Å². The molecule has 0 aliphatic rings. The molecule has 0 aliphatic carbocycles. The summed E-state index contributed by atoms with van der Waals surface area (Å²) in [6, 6.07) is 8.82. The van der Waals surface area contributed by atoms with E-state index in [1.807, 2.05) is 19.1 Å². The summed E-state index contributed by atoms with van der Waals surface area (Å²) >= 11 is 0. The number of anilines is 2. The SMILES string of the molecule is Cc1ccc(NC(=O)c2ccncc2)c(N)c1. The van der Waals surface area contributed by atoms with E-state index in [2.05, 4.69) is 10.3 Å². The van der Waals surface area contributed by atoms with Crippen molar-refractivity contribution in [3.8, 4) is 0 Å². The van der Waals surface area contributed by atoms with E-state index in [1.54, 1.807) is 30.6 Å². The van der Waals surface area contributed by atoms with E-state index in [0.717, 1.165) is 5.56 Å². The molecule has 4 nitrogen and oxygen atoms in total. The second kappa shape index (κ2) is 4.65. The third-order valence-electron chi connectivity index (χ3n) is 2.40. The number of nitrogens with two attached hydrogens (primary N) is 1. The van der Waals surface area contributed by atoms with E-state index >= 15 is 0 Å². The number of pyridine rings is 1. The molecule has 0 atom stereocenters. The lowest BCUT2D eigenvalue weighted by molar-refractivity contribution is 0.102. The predicted molar refractivity (Wildman–Crippen MR) is 67.8 cm³/mol. The number of benzene rings is 1. The van der Waals surface area contributed by atoms with Gasteiger partial charge >= 0.3 is 0 Å². The largest absolute Gasteiger partial charge is 0.397 e. The first-order chi connectivity index (χ1) is 8.16. The standard InChI is InChI=1S/C13H13N3O/c1-9-2-3-12(11(14)8-9)16-13(17)10-4-6-15-7-5-10/h2-8H,14H2,1H3,(H,16,17). The molecular weight excluding hydrogens is 214 g/mol. The maximum Gasteiger partial charge on any atom is 0.255 e. The molecule has 1 heterocycles. The van der Waals surface area contributed by atoms with Crippen molar-refractivity contribution in [1.29, 1.82) is 0 Å². The van der Waals surface area contributed by atoms with Crippen LogP contribution < -0.4 is 11.1 Å². The molecule has 86 valence electrons. The molecule has 0 saturated heterocycles. The third kappa shape index (κ3) is 2.60. The van der Waals surface area contributed by atoms with Gasteiger partial charge in [-0.25, -0.2) is 0 Å². The zero-order chi connectivity index (χ0) is 12.3. The topological polar surface area (TPSA) is 68.0 Å². The molecule has 0 unspecified atom stereocenters. The minimum absolute atomic E-state index is 0.192. The Kier molecular flexibility index (Phi) is 3.05. The first kappa shape index (κ1) is 11.1. The number of nitrogens with zero attached hydrogens (tertiary/aromatic N) is 1. The van der Waals surface area contributed by atoms with Crippen LogP contribution in [-0.2, 0) is 0 Å². The van der Waals surface area contributed by atoms with E-state index in [0.29, 0.717) is 16.9 Å². The van der Waals surface area contributed by atoms with Crippen molar-refractivity contribution in [2.45, 2.75) is 6.92 Å². The Bertz CT molecular complexity index is 538. The van der Waals surface area contributed by atoms with Crippen LogP contribution in [0.25, 0.3) is 0 Å². The molecule has 0 fully saturated rings. The zero-order valence-electron chi connectivity index (χ0n) is 9.47. The fourth-order valence-corrected chi connectivity index (χ4v) is 1.49. The lowest BCUT2D eigenvalue weighted by Crippen LogP contribution is -2.13. The Morgan fingerprint density at radius 2 is 1.94 bits per heavy atom. The Morgan fingerprint density at radius 1 is 1.24 bits per heavy atom. The van der Waals surface area contributed by atoms with Crippen molar-refractivity contribution in [3.05, 3.63) is 53.9 Å². The molecule has 0 radical (unpaired) electrons. The van der Waals surface area contributed by atoms with E-state index in [9.17, 15) is 4.79 Å². The van der Waals surface area contributed by atoms with Gasteiger partial charge in [0, 0.05) is 18.0 Å². The van der Waals surface area contributed by atoms with Gasteiger partial charge in [0.2, 0.25) is 0 Å². The van der Waals surface area contributed by atoms with Crippen molar-refractivity contribution in [3.63, 3.8) is 0 Å². The molecule has 0 bridgehead atoms. The van der Waals surface area contributed by atoms with Crippen molar-refractivity contribution in [1.82, 2.24) is 4.98 Å². The summed E-state index contributed by atoms with van der Waals surface area (Å²) in [7, 11) is 0. The summed E-state index contributed by atoms with van der Waals surface area (Å²) in [6.45, 7) is 1.95. The minimum Gasteiger partial charge on any atom is -0.397 e. The average molecular weight is 227 g/mol. The first-order valence-corrected chi connectivity index (χ1v) is 5.24. The predicted octanol–water partition coefficient (Wildman–Crippen LogP) is 2.22. The molecule has 17 heavy (non-hydrogen) atoms. The van der Waals surface area contributed by atoms with Gasteiger partial charge in [-0.1, -0.05) is 6.07 Å². The smallest absolute Gasteiger partial charge is 0.255 e. The first-order valence-electron chi connectivity index (χ1n) is 5.24. The van der Waals surface area contributed by atoms with Gasteiger partial charge in [0.1, 0.15) is 0 Å². The van der Waals surface area contributed by atoms with Crippen molar-refractivity contribution < 1.29 is 4.79 Å². The number of nitrogen functional groups attached to an aromatic ring is 1. The van der Waals surface area contributed by atoms with Crippen LogP contribution in [0.1, 0.15) is 15.9 Å². The number of nitrogens with one attached hydrogen (secondary N) is 1. The molecule has 2 aromatic rings. The lowest BCUT2D eigenvalue weighted by atomic mass is 10.2. The normalized spacial score (nSPS) is 9.94. The highest BCUT2D eigenvalue weighted by Crippen LogP contribution is 2.20. The Balaban J connectivity index is 2.19. The van der Waals surface area contributed by atoms with Gasteiger partial charge in [-0.05, 0) is 36.8 Å². The number of amides is 1. The highest BCUT2D eigenvalue weighted by Gasteiger charge is 2.07. The summed E-state index contributed by atoms with van der Waals surface area (Å²) in [6.07, 6.45) is 3.15. The molecule has 2 rings (SSSR count). The van der Waals surface area contributed by atoms with Gasteiger partial charge in [0.25, 0.3) is 5.91 Å². The second-order valence-corrected chi connectivity index (χ2v) is 3.78. The lowest BCUT2D eigenvalue weighted by Gasteiger charge is -2.08. The number of aryl methyl sites for hydroxylation is 1. The molecular formula is C13H13N3O. The molecule has 0 saturated carbocycles. The van der Waals surface area contributed by atoms with Crippen LogP contribution in [0.15, 0.2) is 42.7 Å². The van der Waals surface area contributed by atoms with E-state index < -0.39 is 0 Å². The Morgan fingerprint density at radius 3 is 2.59 bits per heavy atom. The van der Waals surface area contributed by atoms with Crippen LogP contribution in [-0.4, -0.2) is 10.9 Å². The molecule has 1 aromatic heterocycles. The quantitative estimate of drug-likeness (QED) is 0.773. The number of rotatable bonds is 2. The molecule has 1 aromatic carbocycles. The van der Waals surface area contributed by atoms with Gasteiger partial charge in [0.15, 0.2) is 0 Å². The van der Waals surface area contributed by atoms with E-state index in [1.165, 1.54) is 0 Å².